The summed E-state index contributed by atoms with van der Waals surface area (Å²) in [6, 6.07) is 0.425. The first-order valence-electron chi connectivity index (χ1n) is 2.17. The van der Waals surface area contributed by atoms with Crippen molar-refractivity contribution in [3.05, 3.63) is 0 Å². The van der Waals surface area contributed by atoms with Crippen LogP contribution in [0.1, 0.15) is 0 Å². The average molecular weight is 172 g/mol. The van der Waals surface area contributed by atoms with Gasteiger partial charge in [0.25, 0.3) is 0 Å². The van der Waals surface area contributed by atoms with Crippen LogP contribution in [0.25, 0.3) is 0 Å². The Morgan fingerprint density at radius 3 is 1.64 bits per heavy atom. The summed E-state index contributed by atoms with van der Waals surface area (Å²) in [7, 11) is 0. The maximum absolute atomic E-state index is 11.8. The lowest BCUT2D eigenvalue weighted by atomic mass is 10.2. The molecule has 0 aliphatic heterocycles. The lowest BCUT2D eigenvalue weighted by Crippen LogP contribution is -2.42. The van der Waals surface area contributed by atoms with E-state index in [1.807, 2.05) is 0 Å². The predicted molar refractivity (Wildman–Crippen MR) is 24.3 cm³/mol. The van der Waals surface area contributed by atoms with Crippen LogP contribution in [-0.4, -0.2) is 17.8 Å². The molecule has 1 N–H and O–H groups in total. The molecule has 0 aliphatic rings. The van der Waals surface area contributed by atoms with Crippen LogP contribution in [0.3, 0.4) is 0 Å². The highest BCUT2D eigenvalue weighted by molar-refractivity contribution is 6.01. The van der Waals surface area contributed by atoms with Gasteiger partial charge in [0.1, 0.15) is 6.07 Å². The quantitative estimate of drug-likeness (QED) is 0.475. The maximum atomic E-state index is 11.8. The van der Waals surface area contributed by atoms with Crippen molar-refractivity contribution >= 4 is 5.71 Å². The van der Waals surface area contributed by atoms with Crippen LogP contribution in [-0.2, 0) is 0 Å². The van der Waals surface area contributed by atoms with Gasteiger partial charge in [-0.1, -0.05) is 0 Å². The van der Waals surface area contributed by atoms with Gasteiger partial charge in [-0.25, -0.2) is 0 Å². The van der Waals surface area contributed by atoms with Crippen molar-refractivity contribution in [1.29, 1.82) is 10.7 Å². The summed E-state index contributed by atoms with van der Waals surface area (Å²) in [6.45, 7) is 0. The van der Waals surface area contributed by atoms with Gasteiger partial charge in [0.15, 0.2) is 5.71 Å². The number of rotatable bonds is 1. The fraction of sp³-hybridized carbons (Fsp3) is 0.500. The van der Waals surface area contributed by atoms with Crippen LogP contribution in [0.2, 0.25) is 0 Å². The van der Waals surface area contributed by atoms with Crippen molar-refractivity contribution in [3.63, 3.8) is 0 Å². The van der Waals surface area contributed by atoms with Gasteiger partial charge in [-0.05, 0) is 0 Å². The highest BCUT2D eigenvalue weighted by Gasteiger charge is 2.61. The Labute approximate surface area is 57.7 Å². The van der Waals surface area contributed by atoms with Gasteiger partial charge < -0.3 is 0 Å². The number of alkyl halides is 5. The normalized spacial score (nSPS) is 12.4. The number of nitriles is 1. The van der Waals surface area contributed by atoms with E-state index in [0.29, 0.717) is 6.07 Å². The molecule has 0 saturated carbocycles. The summed E-state index contributed by atoms with van der Waals surface area (Å²) < 4.78 is 57.2. The molecule has 0 spiro atoms. The Hall–Kier alpha value is -1.19. The van der Waals surface area contributed by atoms with Crippen LogP contribution in [0.4, 0.5) is 22.0 Å². The van der Waals surface area contributed by atoms with Crippen LogP contribution in [0.15, 0.2) is 0 Å². The number of halogens is 5. The minimum absolute atomic E-state index is 0.425. The summed E-state index contributed by atoms with van der Waals surface area (Å²) in [5, 5.41) is 13.5. The summed E-state index contributed by atoms with van der Waals surface area (Å²) in [5.41, 5.74) is -2.30. The Morgan fingerprint density at radius 2 is 1.55 bits per heavy atom. The van der Waals surface area contributed by atoms with E-state index in [9.17, 15) is 22.0 Å². The van der Waals surface area contributed by atoms with Crippen LogP contribution in [0.5, 0.6) is 0 Å². The van der Waals surface area contributed by atoms with Gasteiger partial charge in [-0.2, -0.15) is 27.2 Å². The molecule has 0 aliphatic carbocycles. The van der Waals surface area contributed by atoms with E-state index in [1.165, 1.54) is 0 Å². The SMILES string of the molecule is N#CC(=N)C(F)(F)C(F)(F)F. The van der Waals surface area contributed by atoms with Crippen molar-refractivity contribution in [2.24, 2.45) is 0 Å². The van der Waals surface area contributed by atoms with E-state index in [2.05, 4.69) is 0 Å². The molecule has 0 radical (unpaired) electrons. The van der Waals surface area contributed by atoms with Crippen LogP contribution < -0.4 is 0 Å². The highest BCUT2D eigenvalue weighted by atomic mass is 19.4. The van der Waals surface area contributed by atoms with E-state index < -0.39 is 17.8 Å². The van der Waals surface area contributed by atoms with Crippen LogP contribution in [0, 0.1) is 16.7 Å². The molecule has 0 heterocycles. The summed E-state index contributed by atoms with van der Waals surface area (Å²) >= 11 is 0. The molecule has 0 amide bonds. The average Bonchev–Trinajstić information content (AvgIpc) is 1.83. The first-order valence-corrected chi connectivity index (χ1v) is 2.17. The summed E-state index contributed by atoms with van der Waals surface area (Å²) in [5.74, 6) is -5.33. The molecule has 62 valence electrons. The first kappa shape index (κ1) is 9.81. The Kier molecular flexibility index (Phi) is 2.18. The van der Waals surface area contributed by atoms with E-state index in [1.54, 1.807) is 0 Å². The van der Waals surface area contributed by atoms with E-state index in [4.69, 9.17) is 10.7 Å². The van der Waals surface area contributed by atoms with Crippen molar-refractivity contribution in [2.75, 3.05) is 0 Å². The standard InChI is InChI=1S/C4HF5N2/c5-3(6,2(11)1-10)4(7,8)9/h11H. The van der Waals surface area contributed by atoms with Crippen molar-refractivity contribution in [1.82, 2.24) is 0 Å². The minimum atomic E-state index is -5.86. The Balaban J connectivity index is 4.77. The Bertz CT molecular complexity index is 210. The van der Waals surface area contributed by atoms with E-state index in [0.717, 1.165) is 0 Å². The summed E-state index contributed by atoms with van der Waals surface area (Å²) in [4.78, 5) is 0. The molecular formula is C4HF5N2. The van der Waals surface area contributed by atoms with Gasteiger partial charge in [-0.3, -0.25) is 5.41 Å². The zero-order valence-electron chi connectivity index (χ0n) is 4.84. The number of nitrogens with zero attached hydrogens (tertiary/aromatic N) is 1. The first-order chi connectivity index (χ1) is 4.73. The minimum Gasteiger partial charge on any atom is -0.289 e. The zero-order valence-corrected chi connectivity index (χ0v) is 4.84. The maximum Gasteiger partial charge on any atom is 0.460 e. The smallest absolute Gasteiger partial charge is 0.289 e. The van der Waals surface area contributed by atoms with Gasteiger partial charge in [-0.15, -0.1) is 0 Å². The molecule has 0 unspecified atom stereocenters. The Morgan fingerprint density at radius 1 is 1.18 bits per heavy atom. The fourth-order valence-electron chi connectivity index (χ4n) is 0.212. The molecule has 2 nitrogen and oxygen atoms in total. The lowest BCUT2D eigenvalue weighted by molar-refractivity contribution is -0.248. The second kappa shape index (κ2) is 2.45. The largest absolute Gasteiger partial charge is 0.460 e. The number of nitrogens with one attached hydrogen (secondary N) is 1. The number of hydrogen-bond acceptors (Lipinski definition) is 2. The monoisotopic (exact) mass is 172 g/mol. The van der Waals surface area contributed by atoms with Crippen molar-refractivity contribution in [3.8, 4) is 6.07 Å². The third-order valence-corrected chi connectivity index (χ3v) is 0.782. The van der Waals surface area contributed by atoms with Crippen molar-refractivity contribution < 1.29 is 22.0 Å². The topological polar surface area (TPSA) is 47.6 Å². The number of hydrogen-bond donors (Lipinski definition) is 1. The third-order valence-electron chi connectivity index (χ3n) is 0.782. The van der Waals surface area contributed by atoms with Gasteiger partial charge in [0.05, 0.1) is 0 Å². The molecule has 0 saturated heterocycles. The molecule has 0 atom stereocenters. The second-order valence-electron chi connectivity index (χ2n) is 1.56. The van der Waals surface area contributed by atoms with E-state index >= 15 is 0 Å². The fourth-order valence-corrected chi connectivity index (χ4v) is 0.212. The lowest BCUT2D eigenvalue weighted by Gasteiger charge is -2.15. The molecular weight excluding hydrogens is 171 g/mol. The van der Waals surface area contributed by atoms with E-state index in [-0.39, 0.29) is 0 Å². The molecule has 7 heteroatoms. The van der Waals surface area contributed by atoms with Crippen molar-refractivity contribution in [2.45, 2.75) is 12.1 Å². The molecule has 0 aromatic rings. The molecule has 11 heavy (non-hydrogen) atoms. The second-order valence-corrected chi connectivity index (χ2v) is 1.56. The molecule has 0 aromatic carbocycles. The van der Waals surface area contributed by atoms with Gasteiger partial charge in [0, 0.05) is 0 Å². The van der Waals surface area contributed by atoms with Gasteiger partial charge in [0.2, 0.25) is 0 Å². The molecule has 0 aromatic heterocycles. The third kappa shape index (κ3) is 1.63. The molecule has 0 bridgehead atoms. The van der Waals surface area contributed by atoms with Crippen LogP contribution >= 0.6 is 0 Å². The molecule has 0 fully saturated rings. The van der Waals surface area contributed by atoms with Gasteiger partial charge >= 0.3 is 12.1 Å². The predicted octanol–water partition coefficient (Wildman–Crippen LogP) is 1.73. The zero-order chi connectivity index (χ0) is 9.28. The highest BCUT2D eigenvalue weighted by Crippen LogP contribution is 2.35. The summed E-state index contributed by atoms with van der Waals surface area (Å²) in [6.07, 6.45) is -5.86. The molecule has 0 rings (SSSR count).